The molecule has 1 aromatic heterocycles. The Morgan fingerprint density at radius 3 is 2.80 bits per heavy atom. The zero-order valence-electron chi connectivity index (χ0n) is 12.6. The van der Waals surface area contributed by atoms with Crippen molar-refractivity contribution < 1.29 is 9.90 Å². The van der Waals surface area contributed by atoms with Gasteiger partial charge in [0.05, 0.1) is 17.7 Å². The molecule has 112 valence electrons. The minimum absolute atomic E-state index is 0.547. The highest BCUT2D eigenvalue weighted by atomic mass is 32.1. The first-order valence-corrected chi connectivity index (χ1v) is 8.17. The third-order valence-corrected chi connectivity index (χ3v) is 5.33. The standard InChI is InChI=1S/C15H24N2O2S/c1-4-6-15(14(18)19)7-5-8-17(10-15)9-13-16-11(2)12(3)20-13/h4-10H2,1-3H3,(H,18,19). The number of hydrogen-bond acceptors (Lipinski definition) is 4. The molecule has 1 saturated heterocycles. The average molecular weight is 296 g/mol. The fourth-order valence-corrected chi connectivity index (χ4v) is 4.10. The number of nitrogens with zero attached hydrogens (tertiary/aromatic N) is 2. The minimum Gasteiger partial charge on any atom is -0.481 e. The molecular formula is C15H24N2O2S. The summed E-state index contributed by atoms with van der Waals surface area (Å²) < 4.78 is 0. The quantitative estimate of drug-likeness (QED) is 0.906. The molecule has 2 rings (SSSR count). The molecule has 0 amide bonds. The van der Waals surface area contributed by atoms with Crippen LogP contribution in [0.2, 0.25) is 0 Å². The highest BCUT2D eigenvalue weighted by Gasteiger charge is 2.41. The van der Waals surface area contributed by atoms with Gasteiger partial charge in [-0.15, -0.1) is 11.3 Å². The van der Waals surface area contributed by atoms with Gasteiger partial charge in [-0.05, 0) is 39.7 Å². The second-order valence-electron chi connectivity index (χ2n) is 5.90. The summed E-state index contributed by atoms with van der Waals surface area (Å²) in [6.07, 6.45) is 3.47. The number of carbonyl (C=O) groups is 1. The first kappa shape index (κ1) is 15.4. The predicted molar refractivity (Wildman–Crippen MR) is 81.1 cm³/mol. The maximum absolute atomic E-state index is 11.7. The molecule has 0 radical (unpaired) electrons. The van der Waals surface area contributed by atoms with Gasteiger partial charge in [0, 0.05) is 11.4 Å². The van der Waals surface area contributed by atoms with Crippen LogP contribution in [0.5, 0.6) is 0 Å². The fraction of sp³-hybridized carbons (Fsp3) is 0.733. The molecule has 1 N–H and O–H groups in total. The Labute approximate surface area is 124 Å². The second-order valence-corrected chi connectivity index (χ2v) is 7.19. The summed E-state index contributed by atoms with van der Waals surface area (Å²) in [6, 6.07) is 0. The smallest absolute Gasteiger partial charge is 0.310 e. The van der Waals surface area contributed by atoms with E-state index >= 15 is 0 Å². The van der Waals surface area contributed by atoms with Gasteiger partial charge < -0.3 is 5.11 Å². The monoisotopic (exact) mass is 296 g/mol. The Morgan fingerprint density at radius 2 is 2.25 bits per heavy atom. The van der Waals surface area contributed by atoms with Crippen molar-refractivity contribution in [2.75, 3.05) is 13.1 Å². The SMILES string of the molecule is CCCC1(C(=O)O)CCCN(Cc2nc(C)c(C)s2)C1. The first-order valence-electron chi connectivity index (χ1n) is 7.35. The normalized spacial score (nSPS) is 23.9. The van der Waals surface area contributed by atoms with Crippen LogP contribution in [0.4, 0.5) is 0 Å². The number of thiazole rings is 1. The number of carboxylic acids is 1. The second kappa shape index (κ2) is 6.22. The number of aliphatic carboxylic acids is 1. The van der Waals surface area contributed by atoms with E-state index in [1.807, 2.05) is 6.92 Å². The van der Waals surface area contributed by atoms with Crippen LogP contribution in [-0.4, -0.2) is 34.0 Å². The molecule has 0 bridgehead atoms. The third-order valence-electron chi connectivity index (χ3n) is 4.27. The van der Waals surface area contributed by atoms with Crippen molar-refractivity contribution >= 4 is 17.3 Å². The predicted octanol–water partition coefficient (Wildman–Crippen LogP) is 3.23. The maximum atomic E-state index is 11.7. The highest BCUT2D eigenvalue weighted by Crippen LogP contribution is 2.35. The van der Waals surface area contributed by atoms with Crippen LogP contribution in [0, 0.1) is 19.3 Å². The van der Waals surface area contributed by atoms with E-state index in [0.29, 0.717) is 6.54 Å². The molecule has 2 heterocycles. The third kappa shape index (κ3) is 3.20. The van der Waals surface area contributed by atoms with Crippen LogP contribution in [0.1, 0.15) is 48.2 Å². The summed E-state index contributed by atoms with van der Waals surface area (Å²) in [5, 5.41) is 10.7. The molecule has 5 heteroatoms. The van der Waals surface area contributed by atoms with Crippen molar-refractivity contribution in [1.29, 1.82) is 0 Å². The first-order chi connectivity index (χ1) is 9.47. The Hall–Kier alpha value is -0.940. The summed E-state index contributed by atoms with van der Waals surface area (Å²) in [4.78, 5) is 19.8. The Bertz CT molecular complexity index is 463. The Morgan fingerprint density at radius 1 is 1.50 bits per heavy atom. The van der Waals surface area contributed by atoms with Gasteiger partial charge in [0.2, 0.25) is 0 Å². The molecule has 4 nitrogen and oxygen atoms in total. The number of piperidine rings is 1. The number of aromatic nitrogens is 1. The number of likely N-dealkylation sites (tertiary alicyclic amines) is 1. The number of carboxylic acid groups (broad SMARTS) is 1. The van der Waals surface area contributed by atoms with Gasteiger partial charge in [-0.2, -0.15) is 0 Å². The van der Waals surface area contributed by atoms with Crippen molar-refractivity contribution in [2.45, 2.75) is 53.0 Å². The zero-order chi connectivity index (χ0) is 14.8. The molecule has 1 fully saturated rings. The molecular weight excluding hydrogens is 272 g/mol. The molecule has 1 unspecified atom stereocenters. The lowest BCUT2D eigenvalue weighted by Crippen LogP contribution is -2.47. The molecule has 0 spiro atoms. The van der Waals surface area contributed by atoms with E-state index in [1.54, 1.807) is 11.3 Å². The van der Waals surface area contributed by atoms with Crippen molar-refractivity contribution in [2.24, 2.45) is 5.41 Å². The van der Waals surface area contributed by atoms with E-state index in [1.165, 1.54) is 4.88 Å². The number of aryl methyl sites for hydroxylation is 2. The zero-order valence-corrected chi connectivity index (χ0v) is 13.4. The molecule has 20 heavy (non-hydrogen) atoms. The van der Waals surface area contributed by atoms with Crippen LogP contribution in [0.15, 0.2) is 0 Å². The van der Waals surface area contributed by atoms with E-state index in [0.717, 1.165) is 49.5 Å². The van der Waals surface area contributed by atoms with Crippen molar-refractivity contribution in [3.05, 3.63) is 15.6 Å². The number of rotatable bonds is 5. The molecule has 0 saturated carbocycles. The van der Waals surface area contributed by atoms with E-state index in [-0.39, 0.29) is 0 Å². The van der Waals surface area contributed by atoms with Gasteiger partial charge in [-0.25, -0.2) is 4.98 Å². The maximum Gasteiger partial charge on any atom is 0.310 e. The minimum atomic E-state index is -0.629. The van der Waals surface area contributed by atoms with Gasteiger partial charge in [0.25, 0.3) is 0 Å². The van der Waals surface area contributed by atoms with Gasteiger partial charge in [-0.3, -0.25) is 9.69 Å². The molecule has 0 aromatic carbocycles. The summed E-state index contributed by atoms with van der Waals surface area (Å²) in [7, 11) is 0. The van der Waals surface area contributed by atoms with Gasteiger partial charge in [0.15, 0.2) is 0 Å². The molecule has 1 aliphatic rings. The highest BCUT2D eigenvalue weighted by molar-refractivity contribution is 7.11. The number of hydrogen-bond donors (Lipinski definition) is 1. The lowest BCUT2D eigenvalue weighted by Gasteiger charge is -2.39. The van der Waals surface area contributed by atoms with Gasteiger partial charge in [-0.1, -0.05) is 13.3 Å². The van der Waals surface area contributed by atoms with Crippen LogP contribution < -0.4 is 0 Å². The van der Waals surface area contributed by atoms with Crippen LogP contribution in [0.25, 0.3) is 0 Å². The molecule has 1 aromatic rings. The largest absolute Gasteiger partial charge is 0.481 e. The lowest BCUT2D eigenvalue weighted by molar-refractivity contribution is -0.153. The summed E-state index contributed by atoms with van der Waals surface area (Å²) in [5.41, 5.74) is 0.550. The van der Waals surface area contributed by atoms with Crippen LogP contribution in [-0.2, 0) is 11.3 Å². The van der Waals surface area contributed by atoms with Crippen LogP contribution in [0.3, 0.4) is 0 Å². The van der Waals surface area contributed by atoms with Gasteiger partial charge in [0.1, 0.15) is 5.01 Å². The van der Waals surface area contributed by atoms with Crippen molar-refractivity contribution in [3.8, 4) is 0 Å². The van der Waals surface area contributed by atoms with E-state index in [4.69, 9.17) is 0 Å². The summed E-state index contributed by atoms with van der Waals surface area (Å²) in [5.74, 6) is -0.629. The summed E-state index contributed by atoms with van der Waals surface area (Å²) >= 11 is 1.73. The fourth-order valence-electron chi connectivity index (χ4n) is 3.12. The lowest BCUT2D eigenvalue weighted by atomic mass is 9.76. The van der Waals surface area contributed by atoms with E-state index < -0.39 is 11.4 Å². The molecule has 1 atom stereocenters. The summed E-state index contributed by atoms with van der Waals surface area (Å²) in [6.45, 7) is 8.62. The van der Waals surface area contributed by atoms with Crippen LogP contribution >= 0.6 is 11.3 Å². The average Bonchev–Trinajstić information content (AvgIpc) is 2.68. The Balaban J connectivity index is 2.07. The van der Waals surface area contributed by atoms with E-state index in [9.17, 15) is 9.90 Å². The molecule has 1 aliphatic heterocycles. The van der Waals surface area contributed by atoms with Crippen molar-refractivity contribution in [1.82, 2.24) is 9.88 Å². The topological polar surface area (TPSA) is 53.4 Å². The molecule has 0 aliphatic carbocycles. The van der Waals surface area contributed by atoms with E-state index in [2.05, 4.69) is 23.7 Å². The van der Waals surface area contributed by atoms with Crippen molar-refractivity contribution in [3.63, 3.8) is 0 Å². The van der Waals surface area contributed by atoms with Gasteiger partial charge >= 0.3 is 5.97 Å². The Kier molecular flexibility index (Phi) is 4.81.